The van der Waals surface area contributed by atoms with Gasteiger partial charge in [-0.1, -0.05) is 66.7 Å². The number of nitrogen functional groups attached to an aromatic ring is 1. The van der Waals surface area contributed by atoms with Gasteiger partial charge >= 0.3 is 0 Å². The van der Waals surface area contributed by atoms with Crippen LogP contribution in [0.4, 0.5) is 20.2 Å². The zero-order valence-corrected chi connectivity index (χ0v) is 20.5. The average molecular weight is 519 g/mol. The van der Waals surface area contributed by atoms with Crippen molar-refractivity contribution >= 4 is 46.3 Å². The minimum atomic E-state index is -0.450. The minimum absolute atomic E-state index is 0.245. The second-order valence-electron chi connectivity index (χ2n) is 7.34. The SMILES string of the molecule is Nc1ccc(F)cc1.O=C(/C=C/c1ccccc1)Nc1ccc(F)cc1.O=C(Cl)/C=C/c1ccccc1. The molecule has 4 rings (SSSR count). The van der Waals surface area contributed by atoms with Crippen molar-refractivity contribution < 1.29 is 18.4 Å². The van der Waals surface area contributed by atoms with E-state index in [1.807, 2.05) is 60.7 Å². The standard InChI is InChI=1S/C15H12FNO.C9H7ClO.C6H6FN/c16-13-7-9-14(10-8-13)17-15(18)11-6-12-4-2-1-3-5-12;10-9(11)7-6-8-4-2-1-3-5-8;7-5-1-3-6(8)4-2-5/h1-11H,(H,17,18);1-7H;1-4H,8H2/b11-6+;7-6+;. The number of hydrogen-bond donors (Lipinski definition) is 2. The molecule has 0 unspecified atom stereocenters. The van der Waals surface area contributed by atoms with Crippen LogP contribution in [0.3, 0.4) is 0 Å². The van der Waals surface area contributed by atoms with E-state index in [-0.39, 0.29) is 17.5 Å². The summed E-state index contributed by atoms with van der Waals surface area (Å²) in [6.45, 7) is 0. The lowest BCUT2D eigenvalue weighted by Crippen LogP contribution is -2.07. The first-order chi connectivity index (χ1) is 17.8. The minimum Gasteiger partial charge on any atom is -0.399 e. The summed E-state index contributed by atoms with van der Waals surface area (Å²) in [4.78, 5) is 21.9. The number of halogens is 3. The van der Waals surface area contributed by atoms with Crippen LogP contribution in [0.2, 0.25) is 0 Å². The van der Waals surface area contributed by atoms with Gasteiger partial charge in [0.25, 0.3) is 0 Å². The molecule has 0 saturated carbocycles. The van der Waals surface area contributed by atoms with Crippen LogP contribution in [0.1, 0.15) is 11.1 Å². The molecule has 37 heavy (non-hydrogen) atoms. The molecule has 0 aliphatic carbocycles. The molecule has 4 aromatic rings. The third-order valence-electron chi connectivity index (χ3n) is 4.41. The molecule has 0 aromatic heterocycles. The summed E-state index contributed by atoms with van der Waals surface area (Å²) < 4.78 is 24.7. The molecular weight excluding hydrogens is 494 g/mol. The van der Waals surface area contributed by atoms with Gasteiger partial charge in [-0.15, -0.1) is 0 Å². The van der Waals surface area contributed by atoms with Gasteiger partial charge in [0.05, 0.1) is 0 Å². The lowest BCUT2D eigenvalue weighted by atomic mass is 10.2. The van der Waals surface area contributed by atoms with Crippen molar-refractivity contribution in [1.29, 1.82) is 0 Å². The van der Waals surface area contributed by atoms with Gasteiger partial charge < -0.3 is 11.1 Å². The molecule has 1 amide bonds. The predicted octanol–water partition coefficient (Wildman–Crippen LogP) is 7.35. The molecule has 4 nitrogen and oxygen atoms in total. The van der Waals surface area contributed by atoms with E-state index in [0.29, 0.717) is 11.4 Å². The van der Waals surface area contributed by atoms with Crippen LogP contribution >= 0.6 is 11.6 Å². The van der Waals surface area contributed by atoms with Gasteiger partial charge in [0, 0.05) is 17.5 Å². The third kappa shape index (κ3) is 13.2. The highest BCUT2D eigenvalue weighted by Gasteiger charge is 1.97. The number of nitrogens with one attached hydrogen (secondary N) is 1. The first kappa shape index (κ1) is 28.7. The molecule has 0 fully saturated rings. The number of nitrogens with two attached hydrogens (primary N) is 1. The van der Waals surface area contributed by atoms with Crippen molar-refractivity contribution in [1.82, 2.24) is 0 Å². The summed E-state index contributed by atoms with van der Waals surface area (Å²) in [5.74, 6) is -0.822. The van der Waals surface area contributed by atoms with E-state index in [9.17, 15) is 18.4 Å². The largest absolute Gasteiger partial charge is 0.399 e. The summed E-state index contributed by atoms with van der Waals surface area (Å²) in [6.07, 6.45) is 6.17. The topological polar surface area (TPSA) is 72.2 Å². The highest BCUT2D eigenvalue weighted by molar-refractivity contribution is 6.66. The normalized spacial score (nSPS) is 10.1. The molecule has 0 radical (unpaired) electrons. The average Bonchev–Trinajstić information content (AvgIpc) is 2.91. The Labute approximate surface area is 219 Å². The molecule has 0 saturated heterocycles. The molecule has 0 aliphatic rings. The molecule has 188 valence electrons. The van der Waals surface area contributed by atoms with E-state index in [4.69, 9.17) is 17.3 Å². The monoisotopic (exact) mass is 518 g/mol. The summed E-state index contributed by atoms with van der Waals surface area (Å²) in [5, 5.41) is 2.20. The van der Waals surface area contributed by atoms with Gasteiger partial charge in [0.1, 0.15) is 11.6 Å². The zero-order valence-electron chi connectivity index (χ0n) is 19.7. The van der Waals surface area contributed by atoms with E-state index in [2.05, 4.69) is 5.32 Å². The van der Waals surface area contributed by atoms with E-state index in [1.54, 1.807) is 12.2 Å². The number of hydrogen-bond acceptors (Lipinski definition) is 3. The molecule has 0 aliphatic heterocycles. The maximum Gasteiger partial charge on any atom is 0.248 e. The Kier molecular flexibility index (Phi) is 12.5. The van der Waals surface area contributed by atoms with Gasteiger partial charge in [0.2, 0.25) is 11.1 Å². The summed E-state index contributed by atoms with van der Waals surface area (Å²) >= 11 is 5.10. The fourth-order valence-corrected chi connectivity index (χ4v) is 2.70. The lowest BCUT2D eigenvalue weighted by Gasteiger charge is -2.01. The Bertz CT molecular complexity index is 1270. The van der Waals surface area contributed by atoms with Crippen LogP contribution in [0.5, 0.6) is 0 Å². The van der Waals surface area contributed by atoms with Crippen LogP contribution in [0.15, 0.2) is 121 Å². The number of amides is 1. The predicted molar refractivity (Wildman–Crippen MR) is 148 cm³/mol. The van der Waals surface area contributed by atoms with Gasteiger partial charge in [0.15, 0.2) is 0 Å². The van der Waals surface area contributed by atoms with E-state index in [1.165, 1.54) is 60.7 Å². The van der Waals surface area contributed by atoms with Crippen LogP contribution in [0, 0.1) is 11.6 Å². The molecule has 7 heteroatoms. The third-order valence-corrected chi connectivity index (χ3v) is 4.54. The van der Waals surface area contributed by atoms with E-state index >= 15 is 0 Å². The van der Waals surface area contributed by atoms with Gasteiger partial charge in [-0.3, -0.25) is 9.59 Å². The van der Waals surface area contributed by atoms with Crippen LogP contribution in [0.25, 0.3) is 12.2 Å². The summed E-state index contributed by atoms with van der Waals surface area (Å²) in [7, 11) is 0. The maximum absolute atomic E-state index is 12.7. The molecule has 3 N–H and O–H groups in total. The summed E-state index contributed by atoms with van der Waals surface area (Å²) in [5.41, 5.74) is 8.34. The Morgan fingerprint density at radius 2 is 1.08 bits per heavy atom. The smallest absolute Gasteiger partial charge is 0.248 e. The Hall–Kier alpha value is -4.55. The fourth-order valence-electron chi connectivity index (χ4n) is 2.64. The van der Waals surface area contributed by atoms with Crippen molar-refractivity contribution in [2.75, 3.05) is 11.1 Å². The van der Waals surface area contributed by atoms with Crippen molar-refractivity contribution in [2.45, 2.75) is 0 Å². The van der Waals surface area contributed by atoms with E-state index < -0.39 is 5.24 Å². The van der Waals surface area contributed by atoms with E-state index in [0.717, 1.165) is 11.1 Å². The molecule has 0 spiro atoms. The first-order valence-electron chi connectivity index (χ1n) is 11.0. The van der Waals surface area contributed by atoms with Crippen LogP contribution in [-0.4, -0.2) is 11.1 Å². The number of allylic oxidation sites excluding steroid dienone is 1. The molecule has 0 bridgehead atoms. The van der Waals surface area contributed by atoms with Crippen LogP contribution in [-0.2, 0) is 9.59 Å². The number of carbonyl (C=O) groups is 2. The quantitative estimate of drug-likeness (QED) is 0.165. The van der Waals surface area contributed by atoms with Crippen molar-refractivity contribution in [2.24, 2.45) is 0 Å². The number of anilines is 2. The second kappa shape index (κ2) is 16.2. The molecular formula is C30H25ClF2N2O2. The van der Waals surface area contributed by atoms with Crippen LogP contribution < -0.4 is 11.1 Å². The maximum atomic E-state index is 12.7. The number of carbonyl (C=O) groups excluding carboxylic acids is 2. The molecule has 0 atom stereocenters. The molecule has 4 aromatic carbocycles. The van der Waals surface area contributed by atoms with Crippen molar-refractivity contribution in [3.63, 3.8) is 0 Å². The Morgan fingerprint density at radius 3 is 1.51 bits per heavy atom. The second-order valence-corrected chi connectivity index (χ2v) is 7.71. The highest BCUT2D eigenvalue weighted by atomic mass is 35.5. The van der Waals surface area contributed by atoms with Gasteiger partial charge in [-0.2, -0.15) is 0 Å². The van der Waals surface area contributed by atoms with Gasteiger partial charge in [-0.25, -0.2) is 8.78 Å². The van der Waals surface area contributed by atoms with Crippen molar-refractivity contribution in [3.05, 3.63) is 144 Å². The van der Waals surface area contributed by atoms with Gasteiger partial charge in [-0.05, 0) is 83.4 Å². The number of rotatable bonds is 5. The zero-order chi connectivity index (χ0) is 26.9. The Balaban J connectivity index is 0.000000215. The summed E-state index contributed by atoms with van der Waals surface area (Å²) in [6, 6.07) is 30.4. The fraction of sp³-hybridized carbons (Fsp3) is 0. The Morgan fingerprint density at radius 1 is 0.649 bits per heavy atom. The number of benzene rings is 4. The van der Waals surface area contributed by atoms with Crippen molar-refractivity contribution in [3.8, 4) is 0 Å². The first-order valence-corrected chi connectivity index (χ1v) is 11.4. The molecule has 0 heterocycles. The lowest BCUT2D eigenvalue weighted by molar-refractivity contribution is -0.112. The highest BCUT2D eigenvalue weighted by Crippen LogP contribution is 2.09.